The molecule has 3 aromatic rings. The number of rotatable bonds is 11. The smallest absolute Gasteiger partial charge is 0.158 e. The highest BCUT2D eigenvalue weighted by atomic mass is 32.2. The third-order valence-corrected chi connectivity index (χ3v) is 6.08. The highest BCUT2D eigenvalue weighted by Gasteiger charge is 2.14. The van der Waals surface area contributed by atoms with E-state index in [1.807, 2.05) is 31.2 Å². The normalized spacial score (nSPS) is 12.0. The van der Waals surface area contributed by atoms with Gasteiger partial charge in [-0.3, -0.25) is 4.79 Å². The van der Waals surface area contributed by atoms with Crippen LogP contribution < -0.4 is 4.74 Å². The third kappa shape index (κ3) is 6.25. The van der Waals surface area contributed by atoms with Crippen LogP contribution in [0.1, 0.15) is 25.1 Å². The lowest BCUT2D eigenvalue weighted by atomic mass is 10.1. The van der Waals surface area contributed by atoms with Gasteiger partial charge in [0.05, 0.1) is 6.54 Å². The Morgan fingerprint density at radius 3 is 2.35 bits per heavy atom. The van der Waals surface area contributed by atoms with Crippen molar-refractivity contribution in [3.05, 3.63) is 71.9 Å². The molecule has 0 radical (unpaired) electrons. The molecule has 4 nitrogen and oxygen atoms in total. The van der Waals surface area contributed by atoms with Crippen LogP contribution in [0.25, 0.3) is 11.3 Å². The predicted molar refractivity (Wildman–Crippen MR) is 128 cm³/mol. The van der Waals surface area contributed by atoms with Crippen molar-refractivity contribution in [2.45, 2.75) is 44.7 Å². The molecule has 1 atom stereocenters. The van der Waals surface area contributed by atoms with Crippen LogP contribution in [0, 0.1) is 6.92 Å². The quantitative estimate of drug-likeness (QED) is 0.355. The van der Waals surface area contributed by atoms with Gasteiger partial charge >= 0.3 is 0 Å². The Hall–Kier alpha value is -2.50. The second kappa shape index (κ2) is 11.2. The highest BCUT2D eigenvalue weighted by Crippen LogP contribution is 2.25. The number of carbonyl (C=O) groups is 1. The number of ether oxygens (including phenoxy) is 2. The second-order valence-corrected chi connectivity index (χ2v) is 8.37. The maximum Gasteiger partial charge on any atom is 0.158 e. The first kappa shape index (κ1) is 23.2. The van der Waals surface area contributed by atoms with Crippen molar-refractivity contribution < 1.29 is 14.3 Å². The van der Waals surface area contributed by atoms with Crippen LogP contribution in [0.4, 0.5) is 0 Å². The fourth-order valence-corrected chi connectivity index (χ4v) is 4.00. The van der Waals surface area contributed by atoms with Gasteiger partial charge in [0.2, 0.25) is 0 Å². The molecule has 1 aromatic heterocycles. The molecule has 1 heterocycles. The number of hydrogen-bond acceptors (Lipinski definition) is 4. The minimum Gasteiger partial charge on any atom is -0.492 e. The standard InChI is InChI=1S/C26H31NO3S/c1-5-29-26(20(3)28)18-21-7-11-23(12-8-21)30-17-16-27-19(2)6-15-25(27)22-9-13-24(31-4)14-10-22/h6-15,26H,5,16-18H2,1-4H3/t26-/m0/s1. The lowest BCUT2D eigenvalue weighted by Crippen LogP contribution is -2.24. The number of thioether (sulfide) groups is 1. The van der Waals surface area contributed by atoms with Gasteiger partial charge in [0.25, 0.3) is 0 Å². The number of aromatic nitrogens is 1. The van der Waals surface area contributed by atoms with Gasteiger partial charge in [-0.25, -0.2) is 0 Å². The van der Waals surface area contributed by atoms with Crippen LogP contribution in [0.5, 0.6) is 5.75 Å². The van der Waals surface area contributed by atoms with Crippen LogP contribution >= 0.6 is 11.8 Å². The molecule has 0 aliphatic rings. The number of hydrogen-bond donors (Lipinski definition) is 0. The molecule has 0 aliphatic heterocycles. The van der Waals surface area contributed by atoms with E-state index in [-0.39, 0.29) is 11.9 Å². The highest BCUT2D eigenvalue weighted by molar-refractivity contribution is 7.98. The molecule has 0 aliphatic carbocycles. The molecule has 164 valence electrons. The average molecular weight is 438 g/mol. The lowest BCUT2D eigenvalue weighted by Gasteiger charge is -2.15. The van der Waals surface area contributed by atoms with E-state index in [9.17, 15) is 4.79 Å². The molecule has 0 spiro atoms. The van der Waals surface area contributed by atoms with Crippen LogP contribution in [0.3, 0.4) is 0 Å². The van der Waals surface area contributed by atoms with Gasteiger partial charge in [0.15, 0.2) is 5.78 Å². The number of ketones is 1. The molecular formula is C26H31NO3S. The average Bonchev–Trinajstić information content (AvgIpc) is 3.15. The van der Waals surface area contributed by atoms with Gasteiger partial charge in [-0.05, 0) is 74.6 Å². The molecule has 0 fully saturated rings. The third-order valence-electron chi connectivity index (χ3n) is 5.33. The molecule has 3 rings (SSSR count). The fraction of sp³-hybridized carbons (Fsp3) is 0.346. The van der Waals surface area contributed by atoms with Crippen molar-refractivity contribution in [2.75, 3.05) is 19.5 Å². The molecule has 0 unspecified atom stereocenters. The van der Waals surface area contributed by atoms with Crippen LogP contribution in [0.15, 0.2) is 65.6 Å². The van der Waals surface area contributed by atoms with Gasteiger partial charge in [-0.1, -0.05) is 24.3 Å². The van der Waals surface area contributed by atoms with Gasteiger partial charge in [-0.15, -0.1) is 11.8 Å². The van der Waals surface area contributed by atoms with Gasteiger partial charge in [0, 0.05) is 29.3 Å². The van der Waals surface area contributed by atoms with E-state index in [1.54, 1.807) is 18.7 Å². The summed E-state index contributed by atoms with van der Waals surface area (Å²) in [5.41, 5.74) is 4.70. The van der Waals surface area contributed by atoms with E-state index >= 15 is 0 Å². The molecule has 0 amide bonds. The van der Waals surface area contributed by atoms with E-state index in [4.69, 9.17) is 9.47 Å². The Labute approximate surface area is 189 Å². The van der Waals surface area contributed by atoms with Crippen molar-refractivity contribution in [2.24, 2.45) is 0 Å². The van der Waals surface area contributed by atoms with Gasteiger partial charge in [-0.2, -0.15) is 0 Å². The molecule has 0 saturated heterocycles. The topological polar surface area (TPSA) is 40.5 Å². The Kier molecular flexibility index (Phi) is 8.38. The van der Waals surface area contributed by atoms with Crippen molar-refractivity contribution >= 4 is 17.5 Å². The second-order valence-electron chi connectivity index (χ2n) is 7.49. The molecule has 0 N–H and O–H groups in total. The molecular weight excluding hydrogens is 406 g/mol. The van der Waals surface area contributed by atoms with Crippen molar-refractivity contribution in [1.29, 1.82) is 0 Å². The molecule has 0 saturated carbocycles. The first-order valence-corrected chi connectivity index (χ1v) is 11.9. The molecule has 5 heteroatoms. The van der Waals surface area contributed by atoms with E-state index in [1.165, 1.54) is 21.8 Å². The first-order valence-electron chi connectivity index (χ1n) is 10.7. The monoisotopic (exact) mass is 437 g/mol. The number of nitrogens with zero attached hydrogens (tertiary/aromatic N) is 1. The van der Waals surface area contributed by atoms with E-state index in [0.29, 0.717) is 19.6 Å². The number of carbonyl (C=O) groups excluding carboxylic acids is 1. The van der Waals surface area contributed by atoms with Crippen molar-refractivity contribution in [3.8, 4) is 17.0 Å². The molecule has 0 bridgehead atoms. The zero-order valence-electron chi connectivity index (χ0n) is 18.8. The summed E-state index contributed by atoms with van der Waals surface area (Å²) in [4.78, 5) is 13.0. The van der Waals surface area contributed by atoms with E-state index in [0.717, 1.165) is 17.9 Å². The SMILES string of the molecule is CCO[C@@H](Cc1ccc(OCCn2c(C)ccc2-c2ccc(SC)cc2)cc1)C(C)=O. The summed E-state index contributed by atoms with van der Waals surface area (Å²) in [6, 6.07) is 20.9. The fourth-order valence-electron chi connectivity index (χ4n) is 3.59. The number of benzene rings is 2. The van der Waals surface area contributed by atoms with E-state index in [2.05, 4.69) is 54.1 Å². The summed E-state index contributed by atoms with van der Waals surface area (Å²) in [5.74, 6) is 0.887. The van der Waals surface area contributed by atoms with Crippen LogP contribution in [-0.4, -0.2) is 35.9 Å². The minimum absolute atomic E-state index is 0.0585. The van der Waals surface area contributed by atoms with Crippen LogP contribution in [-0.2, 0) is 22.5 Å². The lowest BCUT2D eigenvalue weighted by molar-refractivity contribution is -0.127. The summed E-state index contributed by atoms with van der Waals surface area (Å²) in [6.45, 7) is 7.50. The largest absolute Gasteiger partial charge is 0.492 e. The van der Waals surface area contributed by atoms with Crippen LogP contribution in [0.2, 0.25) is 0 Å². The number of aryl methyl sites for hydroxylation is 1. The van der Waals surface area contributed by atoms with E-state index < -0.39 is 0 Å². The summed E-state index contributed by atoms with van der Waals surface area (Å²) in [6.07, 6.45) is 2.30. The first-order chi connectivity index (χ1) is 15.0. The number of Topliss-reactive ketones (excluding diaryl/α,β-unsaturated/α-hetero) is 1. The zero-order chi connectivity index (χ0) is 22.2. The molecule has 2 aromatic carbocycles. The van der Waals surface area contributed by atoms with Crippen molar-refractivity contribution in [3.63, 3.8) is 0 Å². The zero-order valence-corrected chi connectivity index (χ0v) is 19.6. The predicted octanol–water partition coefficient (Wildman–Crippen LogP) is 5.80. The van der Waals surface area contributed by atoms with Gasteiger partial charge in [0.1, 0.15) is 18.5 Å². The van der Waals surface area contributed by atoms with Gasteiger partial charge < -0.3 is 14.0 Å². The summed E-state index contributed by atoms with van der Waals surface area (Å²) in [7, 11) is 0. The summed E-state index contributed by atoms with van der Waals surface area (Å²) >= 11 is 1.75. The minimum atomic E-state index is -0.378. The summed E-state index contributed by atoms with van der Waals surface area (Å²) < 4.78 is 13.8. The van der Waals surface area contributed by atoms with Crippen molar-refractivity contribution in [1.82, 2.24) is 4.57 Å². The molecule has 31 heavy (non-hydrogen) atoms. The Morgan fingerprint density at radius 2 is 1.74 bits per heavy atom. The maximum atomic E-state index is 11.7. The Morgan fingerprint density at radius 1 is 1.03 bits per heavy atom. The Balaban J connectivity index is 1.59. The maximum absolute atomic E-state index is 11.7. The summed E-state index contributed by atoms with van der Waals surface area (Å²) in [5, 5.41) is 0. The Bertz CT molecular complexity index is 977.